The molecule has 1 aliphatic rings. The third-order valence-electron chi connectivity index (χ3n) is 1.29. The highest BCUT2D eigenvalue weighted by atomic mass is 16.1. The molecular formula is C8H10N2O. The fraction of sp³-hybridized carbons (Fsp3) is 0.250. The summed E-state index contributed by atoms with van der Waals surface area (Å²) in [6.45, 7) is 0.504. The molecule has 3 heteroatoms. The number of aliphatic imine (C=N–C) groups is 1. The van der Waals surface area contributed by atoms with Gasteiger partial charge in [0.1, 0.15) is 0 Å². The van der Waals surface area contributed by atoms with Gasteiger partial charge in [0.15, 0.2) is 0 Å². The van der Waals surface area contributed by atoms with Crippen LogP contribution in [-0.2, 0) is 4.79 Å². The molecule has 0 unspecified atom stereocenters. The van der Waals surface area contributed by atoms with Crippen LogP contribution in [0.25, 0.3) is 0 Å². The van der Waals surface area contributed by atoms with Crippen molar-refractivity contribution < 1.29 is 4.79 Å². The lowest BCUT2D eigenvalue weighted by molar-refractivity contribution is -0.109. The molecule has 3 nitrogen and oxygen atoms in total. The van der Waals surface area contributed by atoms with Crippen molar-refractivity contribution >= 4 is 12.6 Å². The number of allylic oxidation sites excluding steroid dienone is 3. The highest BCUT2D eigenvalue weighted by Crippen LogP contribution is 1.99. The minimum absolute atomic E-state index is 0.504. The molecule has 1 amide bonds. The first-order valence-electron chi connectivity index (χ1n) is 3.49. The zero-order chi connectivity index (χ0) is 7.94. The molecule has 0 saturated carbocycles. The zero-order valence-electron chi connectivity index (χ0n) is 6.16. The number of hydrogen-bond donors (Lipinski definition) is 1. The molecule has 0 bridgehead atoms. The van der Waals surface area contributed by atoms with Crippen molar-refractivity contribution in [3.8, 4) is 0 Å². The topological polar surface area (TPSA) is 41.5 Å². The second-order valence-corrected chi connectivity index (χ2v) is 2.13. The van der Waals surface area contributed by atoms with Crippen molar-refractivity contribution in [3.63, 3.8) is 0 Å². The molecule has 0 aromatic rings. The highest BCUT2D eigenvalue weighted by Gasteiger charge is 1.91. The summed E-state index contributed by atoms with van der Waals surface area (Å²) >= 11 is 0. The summed E-state index contributed by atoms with van der Waals surface area (Å²) in [5.74, 6) is 0. The van der Waals surface area contributed by atoms with Gasteiger partial charge in [-0.2, -0.15) is 0 Å². The molecule has 1 heterocycles. The van der Waals surface area contributed by atoms with Crippen molar-refractivity contribution in [1.29, 1.82) is 0 Å². The second-order valence-electron chi connectivity index (χ2n) is 2.13. The van der Waals surface area contributed by atoms with Gasteiger partial charge in [0.2, 0.25) is 6.41 Å². The van der Waals surface area contributed by atoms with Gasteiger partial charge in [-0.15, -0.1) is 0 Å². The van der Waals surface area contributed by atoms with Crippen LogP contribution in [0.5, 0.6) is 0 Å². The Bertz CT molecular complexity index is 216. The van der Waals surface area contributed by atoms with Crippen molar-refractivity contribution in [2.45, 2.75) is 6.42 Å². The van der Waals surface area contributed by atoms with Crippen LogP contribution in [0.15, 0.2) is 28.9 Å². The van der Waals surface area contributed by atoms with Gasteiger partial charge in [0.25, 0.3) is 0 Å². The van der Waals surface area contributed by atoms with Gasteiger partial charge in [0.05, 0.1) is 12.2 Å². The molecule has 1 aliphatic heterocycles. The predicted octanol–water partition coefficient (Wildman–Crippen LogP) is 0.647. The summed E-state index contributed by atoms with van der Waals surface area (Å²) in [6.07, 6.45) is 9.19. The van der Waals surface area contributed by atoms with E-state index in [0.717, 1.165) is 12.1 Å². The molecule has 1 N–H and O–H groups in total. The van der Waals surface area contributed by atoms with E-state index in [4.69, 9.17) is 0 Å². The van der Waals surface area contributed by atoms with Crippen molar-refractivity contribution in [1.82, 2.24) is 5.32 Å². The Balaban J connectivity index is 2.48. The number of rotatable bonds is 3. The summed E-state index contributed by atoms with van der Waals surface area (Å²) in [6, 6.07) is 0. The van der Waals surface area contributed by atoms with E-state index in [9.17, 15) is 4.79 Å². The monoisotopic (exact) mass is 150 g/mol. The smallest absolute Gasteiger partial charge is 0.207 e. The number of nitrogens with one attached hydrogen (secondary N) is 1. The molecule has 58 valence electrons. The Kier molecular flexibility index (Phi) is 3.12. The molecule has 0 spiro atoms. The summed E-state index contributed by atoms with van der Waals surface area (Å²) < 4.78 is 0. The number of hydrogen-bond acceptors (Lipinski definition) is 2. The Morgan fingerprint density at radius 3 is 3.45 bits per heavy atom. The average molecular weight is 150 g/mol. The van der Waals surface area contributed by atoms with E-state index >= 15 is 0 Å². The summed E-state index contributed by atoms with van der Waals surface area (Å²) in [7, 11) is 0. The van der Waals surface area contributed by atoms with Crippen LogP contribution in [0.1, 0.15) is 6.42 Å². The molecule has 11 heavy (non-hydrogen) atoms. The molecule has 1 rings (SSSR count). The zero-order valence-corrected chi connectivity index (χ0v) is 6.16. The first-order chi connectivity index (χ1) is 5.43. The van der Waals surface area contributed by atoms with Crippen LogP contribution >= 0.6 is 0 Å². The standard InChI is InChI=1S/C8H10N2O/c11-7-9-6-8-4-2-1-3-5-10-8/h1-2,4-5,7H,3,6H2,(H,9,11). The SMILES string of the molecule is O=CNCC1=CC=CCC=N1. The van der Waals surface area contributed by atoms with Gasteiger partial charge in [-0.25, -0.2) is 0 Å². The van der Waals surface area contributed by atoms with Crippen LogP contribution in [0, 0.1) is 0 Å². The van der Waals surface area contributed by atoms with E-state index in [1.54, 1.807) is 0 Å². The van der Waals surface area contributed by atoms with Crippen LogP contribution in [-0.4, -0.2) is 19.2 Å². The lowest BCUT2D eigenvalue weighted by Gasteiger charge is -1.96. The summed E-state index contributed by atoms with van der Waals surface area (Å²) in [5, 5.41) is 2.55. The maximum atomic E-state index is 9.93. The Morgan fingerprint density at radius 1 is 1.73 bits per heavy atom. The lowest BCUT2D eigenvalue weighted by Crippen LogP contribution is -2.13. The van der Waals surface area contributed by atoms with E-state index in [0.29, 0.717) is 13.0 Å². The van der Waals surface area contributed by atoms with E-state index < -0.39 is 0 Å². The highest BCUT2D eigenvalue weighted by molar-refractivity contribution is 5.62. The molecule has 0 fully saturated rings. The third-order valence-corrected chi connectivity index (χ3v) is 1.29. The summed E-state index contributed by atoms with van der Waals surface area (Å²) in [5.41, 5.74) is 0.880. The van der Waals surface area contributed by atoms with Gasteiger partial charge in [-0.05, 0) is 6.08 Å². The van der Waals surface area contributed by atoms with E-state index in [1.807, 2.05) is 24.4 Å². The average Bonchev–Trinajstić information content (AvgIpc) is 2.28. The normalized spacial score (nSPS) is 15.5. The van der Waals surface area contributed by atoms with Gasteiger partial charge in [-0.1, -0.05) is 12.2 Å². The quantitative estimate of drug-likeness (QED) is 0.589. The van der Waals surface area contributed by atoms with E-state index in [2.05, 4.69) is 10.3 Å². The van der Waals surface area contributed by atoms with Crippen LogP contribution in [0.3, 0.4) is 0 Å². The molecule has 0 aromatic heterocycles. The number of carbonyl (C=O) groups excluding carboxylic acids is 1. The maximum Gasteiger partial charge on any atom is 0.207 e. The number of amides is 1. The van der Waals surface area contributed by atoms with Gasteiger partial charge in [-0.3, -0.25) is 9.79 Å². The Labute approximate surface area is 65.5 Å². The van der Waals surface area contributed by atoms with Crippen LogP contribution in [0.2, 0.25) is 0 Å². The van der Waals surface area contributed by atoms with Gasteiger partial charge in [0, 0.05) is 12.6 Å². The third kappa shape index (κ3) is 2.80. The molecule has 0 saturated heterocycles. The minimum Gasteiger partial charge on any atom is -0.353 e. The number of nitrogens with zero attached hydrogens (tertiary/aromatic N) is 1. The Morgan fingerprint density at radius 2 is 2.64 bits per heavy atom. The van der Waals surface area contributed by atoms with Crippen molar-refractivity contribution in [3.05, 3.63) is 23.9 Å². The fourth-order valence-electron chi connectivity index (χ4n) is 0.782. The van der Waals surface area contributed by atoms with E-state index in [-0.39, 0.29) is 0 Å². The molecule has 0 atom stereocenters. The van der Waals surface area contributed by atoms with Gasteiger partial charge < -0.3 is 5.32 Å². The molecular weight excluding hydrogens is 140 g/mol. The predicted molar refractivity (Wildman–Crippen MR) is 44.4 cm³/mol. The van der Waals surface area contributed by atoms with Crippen LogP contribution in [0.4, 0.5) is 0 Å². The first kappa shape index (κ1) is 7.72. The molecule has 0 aromatic carbocycles. The minimum atomic E-state index is 0.504. The first-order valence-corrected chi connectivity index (χ1v) is 3.49. The summed E-state index contributed by atoms with van der Waals surface area (Å²) in [4.78, 5) is 14.0. The lowest BCUT2D eigenvalue weighted by atomic mass is 10.3. The molecule has 0 radical (unpaired) electrons. The Hall–Kier alpha value is -1.38. The van der Waals surface area contributed by atoms with Crippen molar-refractivity contribution in [2.24, 2.45) is 4.99 Å². The molecule has 0 aliphatic carbocycles. The number of carbonyl (C=O) groups is 1. The fourth-order valence-corrected chi connectivity index (χ4v) is 0.782. The van der Waals surface area contributed by atoms with Crippen molar-refractivity contribution in [2.75, 3.05) is 6.54 Å². The maximum absolute atomic E-state index is 9.93. The van der Waals surface area contributed by atoms with Gasteiger partial charge >= 0.3 is 0 Å². The second kappa shape index (κ2) is 4.44. The largest absolute Gasteiger partial charge is 0.353 e. The van der Waals surface area contributed by atoms with E-state index in [1.165, 1.54) is 0 Å². The van der Waals surface area contributed by atoms with Crippen LogP contribution < -0.4 is 5.32 Å².